The molecule has 0 spiro atoms. The maximum Gasteiger partial charge on any atom is 0.243 e. The average Bonchev–Trinajstić information content (AvgIpc) is 2.74. The molecule has 32 heavy (non-hydrogen) atoms. The number of aryl methyl sites for hydroxylation is 1. The van der Waals surface area contributed by atoms with Gasteiger partial charge in [0.15, 0.2) is 0 Å². The molecule has 2 aromatic carbocycles. The molecule has 1 unspecified atom stereocenters. The van der Waals surface area contributed by atoms with Crippen molar-refractivity contribution in [2.45, 2.75) is 64.9 Å². The monoisotopic (exact) mass is 456 g/mol. The summed E-state index contributed by atoms with van der Waals surface area (Å²) < 4.78 is 5.24. The highest BCUT2D eigenvalue weighted by molar-refractivity contribution is 7.99. The van der Waals surface area contributed by atoms with Crippen molar-refractivity contribution in [1.82, 2.24) is 10.2 Å². The van der Waals surface area contributed by atoms with E-state index in [1.165, 1.54) is 11.1 Å². The maximum atomic E-state index is 13.3. The topological polar surface area (TPSA) is 58.6 Å². The van der Waals surface area contributed by atoms with Gasteiger partial charge in [-0.2, -0.15) is 0 Å². The van der Waals surface area contributed by atoms with Gasteiger partial charge in [0.25, 0.3) is 0 Å². The van der Waals surface area contributed by atoms with Crippen LogP contribution in [0.5, 0.6) is 5.75 Å². The van der Waals surface area contributed by atoms with Crippen molar-refractivity contribution in [2.75, 3.05) is 12.9 Å². The summed E-state index contributed by atoms with van der Waals surface area (Å²) in [6, 6.07) is 15.4. The van der Waals surface area contributed by atoms with Gasteiger partial charge in [-0.15, -0.1) is 11.8 Å². The van der Waals surface area contributed by atoms with E-state index in [-0.39, 0.29) is 17.4 Å². The summed E-state index contributed by atoms with van der Waals surface area (Å²) in [5, 5.41) is 3.04. The van der Waals surface area contributed by atoms with Crippen molar-refractivity contribution in [3.63, 3.8) is 0 Å². The van der Waals surface area contributed by atoms with Crippen molar-refractivity contribution < 1.29 is 14.3 Å². The van der Waals surface area contributed by atoms with Gasteiger partial charge in [0.05, 0.1) is 12.9 Å². The number of benzene rings is 2. The Bertz CT molecular complexity index is 873. The van der Waals surface area contributed by atoms with Gasteiger partial charge in [0, 0.05) is 17.8 Å². The van der Waals surface area contributed by atoms with E-state index in [1.807, 2.05) is 52.0 Å². The number of methoxy groups -OCH3 is 1. The Morgan fingerprint density at radius 2 is 1.62 bits per heavy atom. The molecule has 0 fully saturated rings. The quantitative estimate of drug-likeness (QED) is 0.549. The van der Waals surface area contributed by atoms with Crippen LogP contribution in [0.1, 0.15) is 50.8 Å². The number of thioether (sulfide) groups is 1. The van der Waals surface area contributed by atoms with E-state index in [0.717, 1.165) is 17.1 Å². The van der Waals surface area contributed by atoms with Crippen molar-refractivity contribution in [1.29, 1.82) is 0 Å². The van der Waals surface area contributed by atoms with Gasteiger partial charge in [0.2, 0.25) is 11.8 Å². The van der Waals surface area contributed by atoms with Crippen LogP contribution in [0.15, 0.2) is 48.5 Å². The van der Waals surface area contributed by atoms with E-state index in [2.05, 4.69) is 36.5 Å². The van der Waals surface area contributed by atoms with E-state index in [4.69, 9.17) is 4.74 Å². The zero-order chi connectivity index (χ0) is 23.7. The van der Waals surface area contributed by atoms with Crippen LogP contribution in [0.3, 0.4) is 0 Å². The molecule has 0 saturated heterocycles. The van der Waals surface area contributed by atoms with Crippen LogP contribution < -0.4 is 10.1 Å². The van der Waals surface area contributed by atoms with Crippen molar-refractivity contribution in [3.05, 3.63) is 65.2 Å². The largest absolute Gasteiger partial charge is 0.497 e. The number of ether oxygens (including phenoxy) is 1. The van der Waals surface area contributed by atoms with Crippen molar-refractivity contribution >= 4 is 23.6 Å². The fourth-order valence-corrected chi connectivity index (χ4v) is 4.19. The lowest BCUT2D eigenvalue weighted by atomic mass is 10.1. The molecule has 0 bridgehead atoms. The minimum Gasteiger partial charge on any atom is -0.497 e. The molecule has 174 valence electrons. The molecule has 1 atom stereocenters. The fourth-order valence-electron chi connectivity index (χ4n) is 3.32. The number of carbonyl (C=O) groups is 2. The van der Waals surface area contributed by atoms with Gasteiger partial charge in [0.1, 0.15) is 11.8 Å². The first-order chi connectivity index (χ1) is 15.1. The van der Waals surface area contributed by atoms with E-state index in [1.54, 1.807) is 23.8 Å². The summed E-state index contributed by atoms with van der Waals surface area (Å²) in [7, 11) is 1.63. The van der Waals surface area contributed by atoms with E-state index < -0.39 is 6.04 Å². The summed E-state index contributed by atoms with van der Waals surface area (Å²) in [6.07, 6.45) is 0.548. The predicted octanol–water partition coefficient (Wildman–Crippen LogP) is 4.96. The molecule has 0 heterocycles. The van der Waals surface area contributed by atoms with Gasteiger partial charge in [-0.05, 0) is 57.4 Å². The van der Waals surface area contributed by atoms with Gasteiger partial charge < -0.3 is 15.0 Å². The number of hydrogen-bond donors (Lipinski definition) is 1. The molecular formula is C26H36N2O3S. The Balaban J connectivity index is 2.15. The number of nitrogens with one attached hydrogen (secondary N) is 1. The molecular weight excluding hydrogens is 420 g/mol. The van der Waals surface area contributed by atoms with Gasteiger partial charge >= 0.3 is 0 Å². The third-order valence-corrected chi connectivity index (χ3v) is 6.00. The van der Waals surface area contributed by atoms with Gasteiger partial charge in [-0.3, -0.25) is 9.59 Å². The second kappa shape index (κ2) is 12.0. The summed E-state index contributed by atoms with van der Waals surface area (Å²) >= 11 is 1.58. The first-order valence-electron chi connectivity index (χ1n) is 11.0. The molecule has 2 rings (SSSR count). The zero-order valence-corrected chi connectivity index (χ0v) is 20.9. The lowest BCUT2D eigenvalue weighted by Crippen LogP contribution is -2.53. The first-order valence-corrected chi connectivity index (χ1v) is 12.2. The minimum absolute atomic E-state index is 0.0335. The van der Waals surface area contributed by atoms with Crippen LogP contribution in [0.2, 0.25) is 0 Å². The lowest BCUT2D eigenvalue weighted by Gasteiger charge is -2.33. The standard InChI is InChI=1S/C26H36N2O3S/c1-7-23(25(30)27-26(3,4)5)28(16-20-12-14-22(31-6)15-13-20)24(29)18-32-17-21-10-8-19(2)9-11-21/h8-15,23H,7,16-18H2,1-6H3,(H,27,30). The molecule has 6 heteroatoms. The highest BCUT2D eigenvalue weighted by atomic mass is 32.2. The molecule has 0 radical (unpaired) electrons. The first kappa shape index (κ1) is 25.8. The third-order valence-electron chi connectivity index (χ3n) is 5.01. The Hall–Kier alpha value is -2.47. The molecule has 2 amide bonds. The average molecular weight is 457 g/mol. The number of hydrogen-bond acceptors (Lipinski definition) is 4. The van der Waals surface area contributed by atoms with Gasteiger partial charge in [-0.1, -0.05) is 48.9 Å². The normalized spacial score (nSPS) is 12.2. The van der Waals surface area contributed by atoms with Crippen LogP contribution in [-0.4, -0.2) is 41.2 Å². The molecule has 0 aliphatic heterocycles. The van der Waals surface area contributed by atoms with Crippen molar-refractivity contribution in [2.24, 2.45) is 0 Å². The number of nitrogens with zero attached hydrogens (tertiary/aromatic N) is 1. The Labute approximate surface area is 196 Å². The highest BCUT2D eigenvalue weighted by Gasteiger charge is 2.30. The number of rotatable bonds is 10. The molecule has 1 N–H and O–H groups in total. The van der Waals surface area contributed by atoms with E-state index in [0.29, 0.717) is 18.7 Å². The third kappa shape index (κ3) is 8.23. The van der Waals surface area contributed by atoms with Crippen LogP contribution in [0.25, 0.3) is 0 Å². The number of amides is 2. The molecule has 2 aromatic rings. The van der Waals surface area contributed by atoms with Crippen LogP contribution in [0.4, 0.5) is 0 Å². The second-order valence-corrected chi connectivity index (χ2v) is 10.00. The molecule has 0 aliphatic carbocycles. The predicted molar refractivity (Wildman–Crippen MR) is 133 cm³/mol. The van der Waals surface area contributed by atoms with Crippen LogP contribution >= 0.6 is 11.8 Å². The SMILES string of the molecule is CCC(C(=O)NC(C)(C)C)N(Cc1ccc(OC)cc1)C(=O)CSCc1ccc(C)cc1. The molecule has 0 aliphatic rings. The molecule has 0 saturated carbocycles. The molecule has 0 aromatic heterocycles. The minimum atomic E-state index is -0.524. The summed E-state index contributed by atoms with van der Waals surface area (Å²) in [4.78, 5) is 28.0. The van der Waals surface area contributed by atoms with E-state index in [9.17, 15) is 9.59 Å². The van der Waals surface area contributed by atoms with Crippen molar-refractivity contribution in [3.8, 4) is 5.75 Å². The summed E-state index contributed by atoms with van der Waals surface area (Å²) in [5.41, 5.74) is 3.01. The van der Waals surface area contributed by atoms with Gasteiger partial charge in [-0.25, -0.2) is 0 Å². The highest BCUT2D eigenvalue weighted by Crippen LogP contribution is 2.19. The molecule has 5 nitrogen and oxygen atoms in total. The second-order valence-electron chi connectivity index (χ2n) is 9.01. The maximum absolute atomic E-state index is 13.3. The van der Waals surface area contributed by atoms with E-state index >= 15 is 0 Å². The smallest absolute Gasteiger partial charge is 0.243 e. The zero-order valence-electron chi connectivity index (χ0n) is 20.1. The summed E-state index contributed by atoms with van der Waals surface area (Å²) in [5.74, 6) is 1.69. The van der Waals surface area contributed by atoms with Crippen LogP contribution in [-0.2, 0) is 21.9 Å². The fraction of sp³-hybridized carbons (Fsp3) is 0.462. The number of carbonyl (C=O) groups excluding carboxylic acids is 2. The Morgan fingerprint density at radius 3 is 2.16 bits per heavy atom. The Morgan fingerprint density at radius 1 is 1.03 bits per heavy atom. The summed E-state index contributed by atoms with van der Waals surface area (Å²) in [6.45, 7) is 10.2. The Kier molecular flexibility index (Phi) is 9.63. The van der Waals surface area contributed by atoms with Crippen LogP contribution in [0, 0.1) is 6.92 Å². The lowest BCUT2D eigenvalue weighted by molar-refractivity contribution is -0.140.